The number of ether oxygens (including phenoxy) is 1. The molecule has 10 heteroatoms. The Balaban J connectivity index is 2.38. The fourth-order valence-electron chi connectivity index (χ4n) is 1.49. The number of carbonyl (C=O) groups is 1. The van der Waals surface area contributed by atoms with Gasteiger partial charge in [0.15, 0.2) is 9.90 Å². The van der Waals surface area contributed by atoms with Gasteiger partial charge in [0.1, 0.15) is 5.75 Å². The van der Waals surface area contributed by atoms with Crippen molar-refractivity contribution >= 4 is 44.6 Å². The lowest BCUT2D eigenvalue weighted by Crippen LogP contribution is -2.15. The van der Waals surface area contributed by atoms with E-state index in [9.17, 15) is 13.2 Å². The van der Waals surface area contributed by atoms with Gasteiger partial charge < -0.3 is 9.84 Å². The molecule has 21 heavy (non-hydrogen) atoms. The third-order valence-corrected chi connectivity index (χ3v) is 5.45. The summed E-state index contributed by atoms with van der Waals surface area (Å²) in [6, 6.07) is 4.29. The van der Waals surface area contributed by atoms with Crippen LogP contribution in [0.4, 0.5) is 5.69 Å². The summed E-state index contributed by atoms with van der Waals surface area (Å²) in [5.41, 5.74) is 0.829. The van der Waals surface area contributed by atoms with Crippen LogP contribution in [0.1, 0.15) is 10.5 Å². The summed E-state index contributed by atoms with van der Waals surface area (Å²) in [7, 11) is -2.66. The fourth-order valence-corrected chi connectivity index (χ4v) is 3.88. The van der Waals surface area contributed by atoms with Gasteiger partial charge in [-0.25, -0.2) is 18.2 Å². The molecule has 0 saturated heterocycles. The average Bonchev–Trinajstić information content (AvgIpc) is 2.91. The third-order valence-electron chi connectivity index (χ3n) is 2.38. The minimum atomic E-state index is -4.06. The van der Waals surface area contributed by atoms with Crippen molar-refractivity contribution in [3.05, 3.63) is 34.4 Å². The van der Waals surface area contributed by atoms with Crippen LogP contribution in [0, 0.1) is 0 Å². The van der Waals surface area contributed by atoms with Crippen LogP contribution >= 0.6 is 22.9 Å². The first-order valence-electron chi connectivity index (χ1n) is 5.38. The van der Waals surface area contributed by atoms with Crippen molar-refractivity contribution in [3.63, 3.8) is 0 Å². The van der Waals surface area contributed by atoms with Crippen LogP contribution in [-0.2, 0) is 10.0 Å². The van der Waals surface area contributed by atoms with Gasteiger partial charge in [0.2, 0.25) is 0 Å². The van der Waals surface area contributed by atoms with Crippen molar-refractivity contribution in [1.29, 1.82) is 0 Å². The van der Waals surface area contributed by atoms with E-state index in [-0.39, 0.29) is 9.90 Å². The molecule has 0 aliphatic rings. The second-order valence-electron chi connectivity index (χ2n) is 3.75. The molecule has 0 atom stereocenters. The third kappa shape index (κ3) is 3.26. The van der Waals surface area contributed by atoms with E-state index in [1.54, 1.807) is 0 Å². The number of aromatic carboxylic acids is 1. The van der Waals surface area contributed by atoms with Crippen LogP contribution in [0.5, 0.6) is 5.75 Å². The molecule has 0 bridgehead atoms. The number of halogens is 1. The highest BCUT2D eigenvalue weighted by Crippen LogP contribution is 2.29. The van der Waals surface area contributed by atoms with Crippen LogP contribution in [0.15, 0.2) is 27.9 Å². The molecule has 7 nitrogen and oxygen atoms in total. The van der Waals surface area contributed by atoms with Gasteiger partial charge >= 0.3 is 5.97 Å². The number of thiazole rings is 1. The topological polar surface area (TPSA) is 106 Å². The first-order chi connectivity index (χ1) is 9.85. The van der Waals surface area contributed by atoms with Gasteiger partial charge in [-0.2, -0.15) is 0 Å². The summed E-state index contributed by atoms with van der Waals surface area (Å²) in [6.07, 6.45) is 0. The van der Waals surface area contributed by atoms with Crippen molar-refractivity contribution in [1.82, 2.24) is 4.98 Å². The molecular formula is C11H9ClN2O5S2. The highest BCUT2D eigenvalue weighted by molar-refractivity contribution is 7.94. The van der Waals surface area contributed by atoms with Crippen LogP contribution in [0.25, 0.3) is 0 Å². The summed E-state index contributed by atoms with van der Waals surface area (Å²) in [5, 5.41) is 9.24. The number of sulfonamides is 1. The van der Waals surface area contributed by atoms with Crippen LogP contribution in [-0.4, -0.2) is 31.6 Å². The van der Waals surface area contributed by atoms with E-state index in [4.69, 9.17) is 21.4 Å². The molecule has 0 aliphatic heterocycles. The molecule has 1 heterocycles. The van der Waals surface area contributed by atoms with E-state index in [1.807, 2.05) is 0 Å². The first kappa shape index (κ1) is 15.5. The number of carboxylic acids is 1. The van der Waals surface area contributed by atoms with Gasteiger partial charge in [-0.05, 0) is 12.1 Å². The number of hydrogen-bond donors (Lipinski definition) is 2. The van der Waals surface area contributed by atoms with Gasteiger partial charge in [0.05, 0.1) is 23.3 Å². The summed E-state index contributed by atoms with van der Waals surface area (Å²) in [5.74, 6) is -1.12. The van der Waals surface area contributed by atoms with Gasteiger partial charge in [0.25, 0.3) is 10.0 Å². The normalized spacial score (nSPS) is 11.1. The molecule has 1 aromatic heterocycles. The van der Waals surface area contributed by atoms with E-state index in [0.717, 1.165) is 16.8 Å². The summed E-state index contributed by atoms with van der Waals surface area (Å²) in [4.78, 5) is 14.5. The van der Waals surface area contributed by atoms with Crippen LogP contribution in [0.3, 0.4) is 0 Å². The molecule has 0 radical (unpaired) electrons. The Morgan fingerprint density at radius 3 is 2.81 bits per heavy atom. The highest BCUT2D eigenvalue weighted by atomic mass is 35.5. The smallest absolute Gasteiger partial charge is 0.356 e. The van der Waals surface area contributed by atoms with Gasteiger partial charge in [-0.15, -0.1) is 11.3 Å². The molecule has 1 aromatic carbocycles. The number of benzene rings is 1. The molecule has 0 unspecified atom stereocenters. The van der Waals surface area contributed by atoms with E-state index in [0.29, 0.717) is 10.8 Å². The lowest BCUT2D eigenvalue weighted by molar-refractivity contribution is 0.0687. The van der Waals surface area contributed by atoms with E-state index in [1.165, 1.54) is 25.3 Å². The summed E-state index contributed by atoms with van der Waals surface area (Å²) < 4.78 is 31.3. The SMILES string of the molecule is COc1cc(NS(=O)(=O)c2scnc2C(=O)O)ccc1Cl. The van der Waals surface area contributed by atoms with Gasteiger partial charge in [-0.3, -0.25) is 4.72 Å². The molecule has 0 saturated carbocycles. The number of rotatable bonds is 5. The summed E-state index contributed by atoms with van der Waals surface area (Å²) in [6.45, 7) is 0. The maximum Gasteiger partial charge on any atom is 0.356 e. The second kappa shape index (κ2) is 5.88. The molecule has 0 amide bonds. The van der Waals surface area contributed by atoms with Crippen LogP contribution in [0.2, 0.25) is 5.02 Å². The molecule has 0 spiro atoms. The Kier molecular flexibility index (Phi) is 4.35. The monoisotopic (exact) mass is 348 g/mol. The predicted molar refractivity (Wildman–Crippen MR) is 77.9 cm³/mol. The predicted octanol–water partition coefficient (Wildman–Crippen LogP) is 2.30. The molecule has 2 N–H and O–H groups in total. The number of hydrogen-bond acceptors (Lipinski definition) is 6. The van der Waals surface area contributed by atoms with Crippen molar-refractivity contribution in [3.8, 4) is 5.75 Å². The van der Waals surface area contributed by atoms with Gasteiger partial charge in [-0.1, -0.05) is 11.6 Å². The second-order valence-corrected chi connectivity index (χ2v) is 6.89. The Bertz CT molecular complexity index is 788. The Labute approximate surface area is 129 Å². The zero-order chi connectivity index (χ0) is 15.6. The highest BCUT2D eigenvalue weighted by Gasteiger charge is 2.26. The van der Waals surface area contributed by atoms with Crippen molar-refractivity contribution in [2.75, 3.05) is 11.8 Å². The molecule has 2 rings (SSSR count). The van der Waals surface area contributed by atoms with E-state index >= 15 is 0 Å². The van der Waals surface area contributed by atoms with Crippen molar-refractivity contribution in [2.45, 2.75) is 4.21 Å². The largest absolute Gasteiger partial charge is 0.495 e. The molecular weight excluding hydrogens is 340 g/mol. The molecule has 112 valence electrons. The van der Waals surface area contributed by atoms with Gasteiger partial charge in [0, 0.05) is 6.07 Å². The lowest BCUT2D eigenvalue weighted by atomic mass is 10.3. The molecule has 0 aliphatic carbocycles. The maximum atomic E-state index is 12.2. The Morgan fingerprint density at radius 1 is 1.48 bits per heavy atom. The lowest BCUT2D eigenvalue weighted by Gasteiger charge is -2.09. The summed E-state index contributed by atoms with van der Waals surface area (Å²) >= 11 is 6.56. The number of anilines is 1. The first-order valence-corrected chi connectivity index (χ1v) is 8.12. The zero-order valence-electron chi connectivity index (χ0n) is 10.5. The maximum absolute atomic E-state index is 12.2. The average molecular weight is 349 g/mol. The fraction of sp³-hybridized carbons (Fsp3) is 0.0909. The molecule has 2 aromatic rings. The number of aromatic nitrogens is 1. The van der Waals surface area contributed by atoms with E-state index in [2.05, 4.69) is 9.71 Å². The standard InChI is InChI=1S/C11H9ClN2O5S2/c1-19-8-4-6(2-3-7(8)12)14-21(17,18)11-9(10(15)16)13-5-20-11/h2-5,14H,1H3,(H,15,16). The number of nitrogens with one attached hydrogen (secondary N) is 1. The quantitative estimate of drug-likeness (QED) is 0.858. The Hall–Kier alpha value is -1.84. The minimum absolute atomic E-state index is 0.195. The molecule has 0 fully saturated rings. The zero-order valence-corrected chi connectivity index (χ0v) is 12.9. The van der Waals surface area contributed by atoms with Crippen molar-refractivity contribution in [2.24, 2.45) is 0 Å². The van der Waals surface area contributed by atoms with Crippen molar-refractivity contribution < 1.29 is 23.1 Å². The number of carboxylic acid groups (broad SMARTS) is 1. The van der Waals surface area contributed by atoms with Crippen LogP contribution < -0.4 is 9.46 Å². The number of nitrogens with zero attached hydrogens (tertiary/aromatic N) is 1. The minimum Gasteiger partial charge on any atom is -0.495 e. The number of methoxy groups -OCH3 is 1. The van der Waals surface area contributed by atoms with E-state index < -0.39 is 21.7 Å². The Morgan fingerprint density at radius 2 is 2.19 bits per heavy atom.